The van der Waals surface area contributed by atoms with E-state index in [0.717, 1.165) is 60.0 Å². The summed E-state index contributed by atoms with van der Waals surface area (Å²) in [6.07, 6.45) is 4.61. The summed E-state index contributed by atoms with van der Waals surface area (Å²) in [7, 11) is 0. The lowest BCUT2D eigenvalue weighted by Crippen LogP contribution is -2.37. The molecular weight excluding hydrogens is 252 g/mol. The lowest BCUT2D eigenvalue weighted by Gasteiger charge is -2.33. The van der Waals surface area contributed by atoms with E-state index in [-0.39, 0.29) is 0 Å². The van der Waals surface area contributed by atoms with E-state index in [1.807, 2.05) is 32.0 Å². The number of carboxylic acid groups (broad SMARTS) is 1. The van der Waals surface area contributed by atoms with Crippen molar-refractivity contribution in [3.63, 3.8) is 0 Å². The number of carboxylic acids is 1. The molecule has 1 aromatic carbocycles. The molecule has 0 saturated heterocycles. The van der Waals surface area contributed by atoms with E-state index >= 15 is 0 Å². The van der Waals surface area contributed by atoms with Gasteiger partial charge in [0.05, 0.1) is 5.41 Å². The first kappa shape index (κ1) is 13.2. The van der Waals surface area contributed by atoms with E-state index in [1.165, 1.54) is 0 Å². The first-order valence-electron chi connectivity index (χ1n) is 7.28. The number of furan rings is 1. The Morgan fingerprint density at radius 1 is 1.20 bits per heavy atom. The van der Waals surface area contributed by atoms with Crippen LogP contribution in [-0.2, 0) is 10.2 Å². The summed E-state index contributed by atoms with van der Waals surface area (Å²) in [6.45, 7) is 3.97. The third kappa shape index (κ3) is 1.84. The zero-order valence-electron chi connectivity index (χ0n) is 12.0. The SMILES string of the molecule is Cc1oc2ccc(C3(C(=O)O)CCCCC3)cc2c1C. The second kappa shape index (κ2) is 4.65. The Hall–Kier alpha value is -1.77. The van der Waals surface area contributed by atoms with Gasteiger partial charge in [-0.1, -0.05) is 25.3 Å². The Labute approximate surface area is 118 Å². The van der Waals surface area contributed by atoms with Crippen molar-refractivity contribution in [3.05, 3.63) is 35.1 Å². The van der Waals surface area contributed by atoms with Crippen molar-refractivity contribution in [3.8, 4) is 0 Å². The smallest absolute Gasteiger partial charge is 0.314 e. The number of hydrogen-bond acceptors (Lipinski definition) is 2. The Morgan fingerprint density at radius 3 is 2.55 bits per heavy atom. The van der Waals surface area contributed by atoms with E-state index < -0.39 is 11.4 Å². The highest BCUT2D eigenvalue weighted by atomic mass is 16.4. The molecule has 0 bridgehead atoms. The van der Waals surface area contributed by atoms with Crippen molar-refractivity contribution in [1.82, 2.24) is 0 Å². The summed E-state index contributed by atoms with van der Waals surface area (Å²) >= 11 is 0. The third-order valence-corrected chi connectivity index (χ3v) is 4.84. The standard InChI is InChI=1S/C17H20O3/c1-11-12(2)20-15-7-6-13(10-14(11)15)17(16(18)19)8-4-3-5-9-17/h6-7,10H,3-5,8-9H2,1-2H3,(H,18,19). The average Bonchev–Trinajstić information content (AvgIpc) is 2.74. The van der Waals surface area contributed by atoms with Crippen molar-refractivity contribution >= 4 is 16.9 Å². The maximum atomic E-state index is 11.9. The molecule has 0 amide bonds. The molecule has 106 valence electrons. The summed E-state index contributed by atoms with van der Waals surface area (Å²) in [5, 5.41) is 10.8. The molecule has 0 unspecified atom stereocenters. The molecule has 2 aromatic rings. The number of benzene rings is 1. The van der Waals surface area contributed by atoms with Gasteiger partial charge in [0, 0.05) is 5.39 Å². The Kier molecular flexibility index (Phi) is 3.08. The number of hydrogen-bond donors (Lipinski definition) is 1. The molecule has 0 spiro atoms. The van der Waals surface area contributed by atoms with E-state index in [4.69, 9.17) is 4.42 Å². The second-order valence-corrected chi connectivity index (χ2v) is 5.94. The van der Waals surface area contributed by atoms with E-state index in [0.29, 0.717) is 0 Å². The largest absolute Gasteiger partial charge is 0.481 e. The molecule has 1 aromatic heterocycles. The lowest BCUT2D eigenvalue weighted by atomic mass is 9.69. The number of carbonyl (C=O) groups is 1. The molecule has 1 fully saturated rings. The summed E-state index contributed by atoms with van der Waals surface area (Å²) in [5.41, 5.74) is 2.18. The molecule has 3 rings (SSSR count). The highest BCUT2D eigenvalue weighted by molar-refractivity contribution is 5.87. The normalized spacial score (nSPS) is 18.3. The van der Waals surface area contributed by atoms with Crippen molar-refractivity contribution < 1.29 is 14.3 Å². The molecular formula is C17H20O3. The van der Waals surface area contributed by atoms with Crippen molar-refractivity contribution in [1.29, 1.82) is 0 Å². The molecule has 0 aliphatic heterocycles. The van der Waals surface area contributed by atoms with Crippen LogP contribution >= 0.6 is 0 Å². The van der Waals surface area contributed by atoms with Gasteiger partial charge < -0.3 is 9.52 Å². The fraction of sp³-hybridized carbons (Fsp3) is 0.471. The number of aryl methyl sites for hydroxylation is 2. The molecule has 0 atom stereocenters. The summed E-state index contributed by atoms with van der Waals surface area (Å²) in [5.74, 6) is 0.222. The maximum Gasteiger partial charge on any atom is 0.314 e. The van der Waals surface area contributed by atoms with Crippen LogP contribution in [0.5, 0.6) is 0 Å². The average molecular weight is 272 g/mol. The van der Waals surface area contributed by atoms with Crippen molar-refractivity contribution in [2.75, 3.05) is 0 Å². The topological polar surface area (TPSA) is 50.4 Å². The van der Waals surface area contributed by atoms with Crippen LogP contribution in [0, 0.1) is 13.8 Å². The van der Waals surface area contributed by atoms with Gasteiger partial charge in [-0.25, -0.2) is 0 Å². The van der Waals surface area contributed by atoms with Gasteiger partial charge in [-0.05, 0) is 49.9 Å². The Balaban J connectivity index is 2.16. The van der Waals surface area contributed by atoms with Crippen LogP contribution in [0.3, 0.4) is 0 Å². The molecule has 1 aliphatic carbocycles. The Bertz CT molecular complexity index is 660. The summed E-state index contributed by atoms with van der Waals surface area (Å²) < 4.78 is 5.69. The van der Waals surface area contributed by atoms with Gasteiger partial charge in [0.2, 0.25) is 0 Å². The fourth-order valence-electron chi connectivity index (χ4n) is 3.42. The molecule has 0 radical (unpaired) electrons. The summed E-state index contributed by atoms with van der Waals surface area (Å²) in [4.78, 5) is 11.9. The van der Waals surface area contributed by atoms with Gasteiger partial charge >= 0.3 is 5.97 Å². The molecule has 1 saturated carbocycles. The van der Waals surface area contributed by atoms with Crippen molar-refractivity contribution in [2.45, 2.75) is 51.4 Å². The molecule has 1 heterocycles. The van der Waals surface area contributed by atoms with E-state index in [9.17, 15) is 9.90 Å². The maximum absolute atomic E-state index is 11.9. The van der Waals surface area contributed by atoms with Crippen LogP contribution < -0.4 is 0 Å². The fourth-order valence-corrected chi connectivity index (χ4v) is 3.42. The predicted molar refractivity (Wildman–Crippen MR) is 78.1 cm³/mol. The van der Waals surface area contributed by atoms with Gasteiger partial charge in [0.25, 0.3) is 0 Å². The van der Waals surface area contributed by atoms with Crippen LogP contribution in [0.1, 0.15) is 49.0 Å². The highest BCUT2D eigenvalue weighted by Crippen LogP contribution is 2.41. The monoisotopic (exact) mass is 272 g/mol. The molecule has 3 nitrogen and oxygen atoms in total. The molecule has 1 aliphatic rings. The molecule has 1 N–H and O–H groups in total. The number of aliphatic carboxylic acids is 1. The number of fused-ring (bicyclic) bond motifs is 1. The zero-order chi connectivity index (χ0) is 14.3. The van der Waals surface area contributed by atoms with Gasteiger partial charge in [-0.15, -0.1) is 0 Å². The first-order chi connectivity index (χ1) is 9.54. The van der Waals surface area contributed by atoms with E-state index in [2.05, 4.69) is 0 Å². The minimum atomic E-state index is -0.704. The zero-order valence-corrected chi connectivity index (χ0v) is 12.0. The minimum absolute atomic E-state index is 0.686. The third-order valence-electron chi connectivity index (χ3n) is 4.84. The van der Waals surface area contributed by atoms with Crippen LogP contribution in [0.4, 0.5) is 0 Å². The van der Waals surface area contributed by atoms with Gasteiger partial charge in [0.15, 0.2) is 0 Å². The van der Waals surface area contributed by atoms with Crippen LogP contribution in [-0.4, -0.2) is 11.1 Å². The van der Waals surface area contributed by atoms with Gasteiger partial charge in [-0.3, -0.25) is 4.79 Å². The highest BCUT2D eigenvalue weighted by Gasteiger charge is 2.41. The van der Waals surface area contributed by atoms with Crippen LogP contribution in [0.25, 0.3) is 11.0 Å². The van der Waals surface area contributed by atoms with E-state index in [1.54, 1.807) is 0 Å². The van der Waals surface area contributed by atoms with Crippen molar-refractivity contribution in [2.24, 2.45) is 0 Å². The van der Waals surface area contributed by atoms with Gasteiger partial charge in [0.1, 0.15) is 11.3 Å². The van der Waals surface area contributed by atoms with Crippen LogP contribution in [0.15, 0.2) is 22.6 Å². The van der Waals surface area contributed by atoms with Crippen LogP contribution in [0.2, 0.25) is 0 Å². The Morgan fingerprint density at radius 2 is 1.90 bits per heavy atom. The molecule has 3 heteroatoms. The minimum Gasteiger partial charge on any atom is -0.481 e. The second-order valence-electron chi connectivity index (χ2n) is 5.94. The number of rotatable bonds is 2. The quantitative estimate of drug-likeness (QED) is 0.884. The predicted octanol–water partition coefficient (Wildman–Crippen LogP) is 4.34. The lowest BCUT2D eigenvalue weighted by molar-refractivity contribution is -0.145. The van der Waals surface area contributed by atoms with Gasteiger partial charge in [-0.2, -0.15) is 0 Å². The first-order valence-corrected chi connectivity index (χ1v) is 7.28. The summed E-state index contributed by atoms with van der Waals surface area (Å²) in [6, 6.07) is 5.88. The molecule has 20 heavy (non-hydrogen) atoms.